The number of ether oxygens (including phenoxy) is 1. The van der Waals surface area contributed by atoms with Crippen LogP contribution in [0.15, 0.2) is 0 Å². The van der Waals surface area contributed by atoms with Crippen LogP contribution in [0.25, 0.3) is 0 Å². The van der Waals surface area contributed by atoms with Gasteiger partial charge in [0.05, 0.1) is 11.6 Å². The molecule has 0 radical (unpaired) electrons. The van der Waals surface area contributed by atoms with E-state index in [1.807, 2.05) is 13.8 Å². The van der Waals surface area contributed by atoms with E-state index in [-0.39, 0.29) is 29.0 Å². The standard InChI is InChI=1S/C22H43NO2/c1-10-11-12-13-25-19-18(14-16(2)3)15-21(6,7)23(22(19,8)9)20(24)17(4)5/h16-19H,10-15H2,1-9H3. The lowest BCUT2D eigenvalue weighted by Crippen LogP contribution is -2.70. The minimum absolute atomic E-state index is 0.0148. The summed E-state index contributed by atoms with van der Waals surface area (Å²) in [5.74, 6) is 1.41. The molecule has 0 spiro atoms. The van der Waals surface area contributed by atoms with Crippen LogP contribution in [-0.2, 0) is 9.53 Å². The molecule has 0 aromatic carbocycles. The van der Waals surface area contributed by atoms with Crippen LogP contribution in [0.2, 0.25) is 0 Å². The lowest BCUT2D eigenvalue weighted by molar-refractivity contribution is -0.184. The third kappa shape index (κ3) is 5.45. The lowest BCUT2D eigenvalue weighted by Gasteiger charge is -2.59. The van der Waals surface area contributed by atoms with Crippen LogP contribution in [-0.4, -0.2) is 34.6 Å². The van der Waals surface area contributed by atoms with Crippen LogP contribution in [0, 0.1) is 17.8 Å². The van der Waals surface area contributed by atoms with Crippen LogP contribution >= 0.6 is 0 Å². The molecule has 0 aromatic rings. The second kappa shape index (κ2) is 8.88. The van der Waals surface area contributed by atoms with Gasteiger partial charge in [0.15, 0.2) is 0 Å². The zero-order valence-electron chi connectivity index (χ0n) is 18.3. The van der Waals surface area contributed by atoms with Crippen molar-refractivity contribution >= 4 is 5.91 Å². The Kier molecular flexibility index (Phi) is 7.98. The molecular weight excluding hydrogens is 310 g/mol. The maximum Gasteiger partial charge on any atom is 0.226 e. The highest BCUT2D eigenvalue weighted by Gasteiger charge is 2.54. The van der Waals surface area contributed by atoms with Gasteiger partial charge in [-0.25, -0.2) is 0 Å². The summed E-state index contributed by atoms with van der Waals surface area (Å²) in [5, 5.41) is 0. The molecule has 0 aromatic heterocycles. The highest BCUT2D eigenvalue weighted by molar-refractivity contribution is 5.80. The Hall–Kier alpha value is -0.570. The molecule has 148 valence electrons. The minimum atomic E-state index is -0.283. The Labute approximate surface area is 156 Å². The largest absolute Gasteiger partial charge is 0.376 e. The Morgan fingerprint density at radius 2 is 1.72 bits per heavy atom. The summed E-state index contributed by atoms with van der Waals surface area (Å²) < 4.78 is 6.47. The fraction of sp³-hybridized carbons (Fsp3) is 0.955. The normalized spacial score (nSPS) is 25.6. The van der Waals surface area contributed by atoms with Crippen LogP contribution in [0.5, 0.6) is 0 Å². The highest BCUT2D eigenvalue weighted by Crippen LogP contribution is 2.45. The van der Waals surface area contributed by atoms with Gasteiger partial charge in [-0.05, 0) is 58.8 Å². The number of nitrogens with zero attached hydrogens (tertiary/aromatic N) is 1. The van der Waals surface area contributed by atoms with Crippen LogP contribution < -0.4 is 0 Å². The van der Waals surface area contributed by atoms with Crippen molar-refractivity contribution in [2.75, 3.05) is 6.61 Å². The number of amides is 1. The average Bonchev–Trinajstić information content (AvgIpc) is 2.43. The number of carbonyl (C=O) groups excluding carboxylic acids is 1. The monoisotopic (exact) mass is 353 g/mol. The summed E-state index contributed by atoms with van der Waals surface area (Å²) in [7, 11) is 0. The quantitative estimate of drug-likeness (QED) is 0.526. The van der Waals surface area contributed by atoms with Crippen LogP contribution in [0.3, 0.4) is 0 Å². The summed E-state index contributed by atoms with van der Waals surface area (Å²) in [6, 6.07) is 0. The molecule has 1 fully saturated rings. The number of rotatable bonds is 8. The van der Waals surface area contributed by atoms with Gasteiger partial charge in [0, 0.05) is 18.1 Å². The molecular formula is C22H43NO2. The molecule has 1 heterocycles. The number of hydrogen-bond acceptors (Lipinski definition) is 2. The van der Waals surface area contributed by atoms with E-state index < -0.39 is 0 Å². The van der Waals surface area contributed by atoms with Crippen molar-refractivity contribution < 1.29 is 9.53 Å². The topological polar surface area (TPSA) is 29.5 Å². The van der Waals surface area contributed by atoms with E-state index in [1.165, 1.54) is 12.8 Å². The molecule has 3 heteroatoms. The maximum absolute atomic E-state index is 13.1. The summed E-state index contributed by atoms with van der Waals surface area (Å²) in [5.41, 5.74) is -0.414. The fourth-order valence-electron chi connectivity index (χ4n) is 4.88. The van der Waals surface area contributed by atoms with Crippen molar-refractivity contribution in [1.29, 1.82) is 0 Å². The van der Waals surface area contributed by atoms with Crippen molar-refractivity contribution in [1.82, 2.24) is 4.90 Å². The van der Waals surface area contributed by atoms with Crippen molar-refractivity contribution in [2.24, 2.45) is 17.8 Å². The van der Waals surface area contributed by atoms with Crippen molar-refractivity contribution in [3.8, 4) is 0 Å². The third-order valence-electron chi connectivity index (χ3n) is 5.60. The van der Waals surface area contributed by atoms with Crippen LogP contribution in [0.1, 0.15) is 94.4 Å². The van der Waals surface area contributed by atoms with Gasteiger partial charge in [-0.2, -0.15) is 0 Å². The van der Waals surface area contributed by atoms with Gasteiger partial charge in [-0.3, -0.25) is 4.79 Å². The smallest absolute Gasteiger partial charge is 0.226 e. The Bertz CT molecular complexity index is 426. The number of hydrogen-bond donors (Lipinski definition) is 0. The molecule has 0 bridgehead atoms. The summed E-state index contributed by atoms with van der Waals surface area (Å²) in [6.07, 6.45) is 5.82. The van der Waals surface area contributed by atoms with Crippen molar-refractivity contribution in [3.63, 3.8) is 0 Å². The molecule has 3 nitrogen and oxygen atoms in total. The first-order valence-corrected chi connectivity index (χ1v) is 10.4. The van der Waals surface area contributed by atoms with E-state index in [9.17, 15) is 4.79 Å². The first kappa shape index (κ1) is 22.5. The van der Waals surface area contributed by atoms with E-state index in [1.54, 1.807) is 0 Å². The second-order valence-electron chi connectivity index (χ2n) is 9.89. The molecule has 0 saturated carbocycles. The Morgan fingerprint density at radius 3 is 2.20 bits per heavy atom. The number of carbonyl (C=O) groups is 1. The molecule has 1 rings (SSSR count). The number of unbranched alkanes of at least 4 members (excludes halogenated alkanes) is 2. The van der Waals surface area contributed by atoms with E-state index in [0.717, 1.165) is 25.9 Å². The molecule has 1 saturated heterocycles. The molecule has 2 atom stereocenters. The summed E-state index contributed by atoms with van der Waals surface area (Å²) >= 11 is 0. The van der Waals surface area contributed by atoms with Gasteiger partial charge in [0.25, 0.3) is 0 Å². The number of likely N-dealkylation sites (tertiary alicyclic amines) is 1. The van der Waals surface area contributed by atoms with Gasteiger partial charge >= 0.3 is 0 Å². The minimum Gasteiger partial charge on any atom is -0.376 e. The van der Waals surface area contributed by atoms with Gasteiger partial charge in [-0.15, -0.1) is 0 Å². The predicted octanol–water partition coefficient (Wildman–Crippen LogP) is 5.67. The van der Waals surface area contributed by atoms with Gasteiger partial charge in [-0.1, -0.05) is 47.5 Å². The number of piperidine rings is 1. The molecule has 25 heavy (non-hydrogen) atoms. The highest BCUT2D eigenvalue weighted by atomic mass is 16.5. The molecule has 1 aliphatic heterocycles. The SMILES string of the molecule is CCCCCOC1C(CC(C)C)CC(C)(C)N(C(=O)C(C)C)C1(C)C. The molecule has 1 amide bonds. The average molecular weight is 354 g/mol. The zero-order chi connectivity index (χ0) is 19.4. The third-order valence-corrected chi connectivity index (χ3v) is 5.60. The lowest BCUT2D eigenvalue weighted by atomic mass is 9.68. The van der Waals surface area contributed by atoms with E-state index >= 15 is 0 Å². The first-order chi connectivity index (χ1) is 11.4. The second-order valence-corrected chi connectivity index (χ2v) is 9.89. The summed E-state index contributed by atoms with van der Waals surface area (Å²) in [4.78, 5) is 15.2. The van der Waals surface area contributed by atoms with Gasteiger partial charge < -0.3 is 9.64 Å². The Balaban J connectivity index is 3.13. The van der Waals surface area contributed by atoms with E-state index in [4.69, 9.17) is 4.74 Å². The first-order valence-electron chi connectivity index (χ1n) is 10.4. The van der Waals surface area contributed by atoms with Crippen molar-refractivity contribution in [3.05, 3.63) is 0 Å². The predicted molar refractivity (Wildman–Crippen MR) is 107 cm³/mol. The van der Waals surface area contributed by atoms with E-state index in [0.29, 0.717) is 11.8 Å². The zero-order valence-corrected chi connectivity index (χ0v) is 18.3. The fourth-order valence-corrected chi connectivity index (χ4v) is 4.88. The van der Waals surface area contributed by atoms with E-state index in [2.05, 4.69) is 53.4 Å². The van der Waals surface area contributed by atoms with Gasteiger partial charge in [0.2, 0.25) is 5.91 Å². The maximum atomic E-state index is 13.1. The van der Waals surface area contributed by atoms with Crippen molar-refractivity contribution in [2.45, 2.75) is 112 Å². The molecule has 0 N–H and O–H groups in total. The Morgan fingerprint density at radius 1 is 1.12 bits per heavy atom. The molecule has 1 aliphatic rings. The molecule has 2 unspecified atom stereocenters. The van der Waals surface area contributed by atoms with Gasteiger partial charge in [0.1, 0.15) is 0 Å². The van der Waals surface area contributed by atoms with Crippen LogP contribution in [0.4, 0.5) is 0 Å². The molecule has 0 aliphatic carbocycles. The summed E-state index contributed by atoms with van der Waals surface area (Å²) in [6.45, 7) is 20.5.